The lowest BCUT2D eigenvalue weighted by Crippen LogP contribution is -2.43. The zero-order chi connectivity index (χ0) is 38.1. The van der Waals surface area contributed by atoms with Crippen molar-refractivity contribution in [1.82, 2.24) is 19.4 Å². The number of aryl methyl sites for hydroxylation is 1. The highest BCUT2D eigenvalue weighted by atomic mass is 32.2. The van der Waals surface area contributed by atoms with Crippen LogP contribution >= 0.6 is 0 Å². The summed E-state index contributed by atoms with van der Waals surface area (Å²) < 4.78 is 60.3. The van der Waals surface area contributed by atoms with Gasteiger partial charge >= 0.3 is 11.7 Å². The van der Waals surface area contributed by atoms with E-state index in [-0.39, 0.29) is 40.0 Å². The van der Waals surface area contributed by atoms with E-state index in [9.17, 15) is 37.5 Å². The summed E-state index contributed by atoms with van der Waals surface area (Å²) in [5, 5.41) is 12.1. The zero-order valence-electron chi connectivity index (χ0n) is 28.3. The molecule has 0 bridgehead atoms. The first-order valence-electron chi connectivity index (χ1n) is 15.7. The van der Waals surface area contributed by atoms with Crippen LogP contribution in [0, 0.1) is 17.0 Å². The second-order valence-electron chi connectivity index (χ2n) is 13.2. The van der Waals surface area contributed by atoms with Crippen LogP contribution in [0.4, 0.5) is 14.5 Å². The molecule has 0 saturated carbocycles. The lowest BCUT2D eigenvalue weighted by Gasteiger charge is -2.17. The Balaban J connectivity index is 1.30. The number of amides is 1. The Morgan fingerprint density at radius 1 is 0.942 bits per heavy atom. The molecule has 0 spiro atoms. The number of sulfonamides is 1. The highest BCUT2D eigenvalue weighted by Crippen LogP contribution is 2.25. The van der Waals surface area contributed by atoms with Gasteiger partial charge < -0.3 is 10.4 Å². The maximum atomic E-state index is 15.1. The Labute approximate surface area is 295 Å². The zero-order valence-corrected chi connectivity index (χ0v) is 29.1. The van der Waals surface area contributed by atoms with Crippen LogP contribution in [0.1, 0.15) is 53.5 Å². The molecule has 1 atom stereocenters. The molecule has 270 valence electrons. The van der Waals surface area contributed by atoms with E-state index in [2.05, 4.69) is 10.3 Å². The van der Waals surface area contributed by atoms with Crippen molar-refractivity contribution in [3.63, 3.8) is 0 Å². The van der Waals surface area contributed by atoms with Crippen LogP contribution in [0.2, 0.25) is 0 Å². The summed E-state index contributed by atoms with van der Waals surface area (Å²) in [6.07, 6.45) is 2.69. The summed E-state index contributed by atoms with van der Waals surface area (Å²) in [5.74, 6) is -6.06. The first-order chi connectivity index (χ1) is 24.4. The van der Waals surface area contributed by atoms with Crippen LogP contribution in [0.15, 0.2) is 93.6 Å². The third kappa shape index (κ3) is 7.96. The maximum Gasteiger partial charge on any atom is 0.335 e. The second kappa shape index (κ2) is 14.3. The highest BCUT2D eigenvalue weighted by molar-refractivity contribution is 7.92. The number of rotatable bonds is 11. The molecule has 3 N–H and O–H groups in total. The van der Waals surface area contributed by atoms with Crippen molar-refractivity contribution in [2.45, 2.75) is 44.6 Å². The summed E-state index contributed by atoms with van der Waals surface area (Å²) in [7, 11) is -2.89. The van der Waals surface area contributed by atoms with Crippen molar-refractivity contribution in [3.05, 3.63) is 128 Å². The molecule has 0 aliphatic carbocycles. The van der Waals surface area contributed by atoms with E-state index >= 15 is 8.78 Å². The van der Waals surface area contributed by atoms with Gasteiger partial charge in [-0.25, -0.2) is 31.4 Å². The Hall–Kier alpha value is -6.03. The summed E-state index contributed by atoms with van der Waals surface area (Å²) in [6.45, 7) is 5.65. The maximum absolute atomic E-state index is 15.1. The van der Waals surface area contributed by atoms with Gasteiger partial charge in [0.25, 0.3) is 21.5 Å². The molecule has 0 unspecified atom stereocenters. The monoisotopic (exact) mass is 733 g/mol. The molecular weight excluding hydrogens is 700 g/mol. The number of anilines is 1. The van der Waals surface area contributed by atoms with E-state index < -0.39 is 62.1 Å². The number of halogens is 2. The number of carboxylic acids is 1. The van der Waals surface area contributed by atoms with Crippen molar-refractivity contribution in [3.8, 4) is 5.69 Å². The largest absolute Gasteiger partial charge is 0.480 e. The average molecular weight is 734 g/mol. The number of aliphatic carboxylic acids is 1. The number of carboxylic acid groups (broad SMARTS) is 1. The standard InChI is InChI=1S/C36H33F2N5O8S/c1-36(2,3)18-30(44)21-7-11-24(12-8-21)52(50,51)41-22-16-26(37)31(27(38)17-22)32(45)40-28(34(47)48)15-20-5-9-23(10-6-20)43-33(46)25-13-14-39-19-29(25)42(4)35(43)49/h5-14,16-17,19,28,41H,15,18H2,1-4H3,(H,40,45)(H,47,48)/t28-/m0/s1. The molecule has 5 aromatic rings. The number of Topliss-reactive ketones (excluding diaryl/α,β-unsaturated/α-hetero) is 1. The molecule has 1 amide bonds. The SMILES string of the molecule is Cn1c(=O)n(-c2ccc(C[C@H](NC(=O)c3c(F)cc(NS(=O)(=O)c4ccc(C(=O)CC(C)(C)C)cc4)cc3F)C(=O)O)cc2)c(=O)c2ccncc21. The molecule has 5 rings (SSSR count). The molecule has 2 aromatic heterocycles. The molecule has 13 nitrogen and oxygen atoms in total. The van der Waals surface area contributed by atoms with Crippen molar-refractivity contribution < 1.29 is 36.7 Å². The van der Waals surface area contributed by atoms with Crippen molar-refractivity contribution in [1.29, 1.82) is 0 Å². The van der Waals surface area contributed by atoms with Gasteiger partial charge in [0.15, 0.2) is 5.78 Å². The fourth-order valence-electron chi connectivity index (χ4n) is 5.44. The molecule has 0 aliphatic rings. The summed E-state index contributed by atoms with van der Waals surface area (Å²) in [4.78, 5) is 67.1. The molecule has 3 aromatic carbocycles. The van der Waals surface area contributed by atoms with Gasteiger partial charge in [0.1, 0.15) is 23.2 Å². The van der Waals surface area contributed by atoms with Crippen molar-refractivity contribution in [2.24, 2.45) is 12.5 Å². The summed E-state index contributed by atoms with van der Waals surface area (Å²) in [5.41, 5.74) is -2.06. The smallest absolute Gasteiger partial charge is 0.335 e. The lowest BCUT2D eigenvalue weighted by atomic mass is 9.88. The fraction of sp³-hybridized carbons (Fsp3) is 0.222. The Morgan fingerprint density at radius 3 is 2.13 bits per heavy atom. The molecule has 0 fully saturated rings. The van der Waals surface area contributed by atoms with Crippen LogP contribution in [0.5, 0.6) is 0 Å². The lowest BCUT2D eigenvalue weighted by molar-refractivity contribution is -0.139. The second-order valence-corrected chi connectivity index (χ2v) is 14.9. The molecule has 2 heterocycles. The van der Waals surface area contributed by atoms with Gasteiger partial charge in [0.2, 0.25) is 0 Å². The van der Waals surface area contributed by atoms with Gasteiger partial charge in [-0.05, 0) is 53.4 Å². The number of pyridine rings is 1. The molecule has 52 heavy (non-hydrogen) atoms. The van der Waals surface area contributed by atoms with Gasteiger partial charge in [-0.15, -0.1) is 0 Å². The van der Waals surface area contributed by atoms with Crippen LogP contribution < -0.4 is 21.3 Å². The summed E-state index contributed by atoms with van der Waals surface area (Å²) >= 11 is 0. The Kier molecular flexibility index (Phi) is 10.2. The van der Waals surface area contributed by atoms with Gasteiger partial charge in [-0.2, -0.15) is 0 Å². The first kappa shape index (κ1) is 37.2. The number of carbonyl (C=O) groups excluding carboxylic acids is 2. The highest BCUT2D eigenvalue weighted by Gasteiger charge is 2.27. The van der Waals surface area contributed by atoms with Crippen LogP contribution in [-0.4, -0.2) is 51.3 Å². The van der Waals surface area contributed by atoms with Crippen LogP contribution in [-0.2, 0) is 28.3 Å². The van der Waals surface area contributed by atoms with E-state index in [0.717, 1.165) is 4.57 Å². The van der Waals surface area contributed by atoms with Gasteiger partial charge in [0.05, 0.1) is 33.4 Å². The van der Waals surface area contributed by atoms with Crippen LogP contribution in [0.3, 0.4) is 0 Å². The predicted octanol–water partition coefficient (Wildman–Crippen LogP) is 4.21. The van der Waals surface area contributed by atoms with E-state index in [1.165, 1.54) is 78.6 Å². The van der Waals surface area contributed by atoms with E-state index in [1.807, 2.05) is 25.5 Å². The first-order valence-corrected chi connectivity index (χ1v) is 17.2. The third-order valence-corrected chi connectivity index (χ3v) is 9.41. The predicted molar refractivity (Wildman–Crippen MR) is 187 cm³/mol. The van der Waals surface area contributed by atoms with E-state index in [1.54, 1.807) is 0 Å². The Morgan fingerprint density at radius 2 is 1.56 bits per heavy atom. The molecule has 0 saturated heterocycles. The number of nitrogens with one attached hydrogen (secondary N) is 2. The summed E-state index contributed by atoms with van der Waals surface area (Å²) in [6, 6.07) is 11.6. The topological polar surface area (TPSA) is 187 Å². The minimum Gasteiger partial charge on any atom is -0.480 e. The van der Waals surface area contributed by atoms with Crippen molar-refractivity contribution in [2.75, 3.05) is 4.72 Å². The van der Waals surface area contributed by atoms with Gasteiger partial charge in [-0.3, -0.25) is 28.7 Å². The Bertz CT molecular complexity index is 2430. The van der Waals surface area contributed by atoms with Gasteiger partial charge in [-0.1, -0.05) is 45.0 Å². The van der Waals surface area contributed by atoms with E-state index in [0.29, 0.717) is 28.8 Å². The average Bonchev–Trinajstić information content (AvgIpc) is 3.06. The minimum absolute atomic E-state index is 0.187. The number of benzene rings is 3. The molecule has 16 heteroatoms. The number of ketones is 1. The van der Waals surface area contributed by atoms with Crippen LogP contribution in [0.25, 0.3) is 16.6 Å². The number of hydrogen-bond acceptors (Lipinski definition) is 8. The van der Waals surface area contributed by atoms with Crippen molar-refractivity contribution >= 4 is 44.3 Å². The number of fused-ring (bicyclic) bond motifs is 1. The van der Waals surface area contributed by atoms with E-state index in [4.69, 9.17) is 0 Å². The third-order valence-electron chi connectivity index (χ3n) is 8.01. The number of hydrogen-bond donors (Lipinski definition) is 3. The normalized spacial score (nSPS) is 12.3. The fourth-order valence-corrected chi connectivity index (χ4v) is 6.48. The number of nitrogens with zero attached hydrogens (tertiary/aromatic N) is 3. The number of aromatic nitrogens is 3. The molecule has 0 radical (unpaired) electrons. The molecule has 0 aliphatic heterocycles. The number of carbonyl (C=O) groups is 3. The minimum atomic E-state index is -4.37. The molecular formula is C36H33F2N5O8S. The quantitative estimate of drug-likeness (QED) is 0.167. The van der Waals surface area contributed by atoms with Gasteiger partial charge in [0, 0.05) is 31.6 Å².